The SMILES string of the molecule is CSc1nc2nc(C)c(CC(=O)N3CCC[C@H]4CCCC[C@H]43)c(C)n2n1. The largest absolute Gasteiger partial charge is 0.339 e. The fourth-order valence-electron chi connectivity index (χ4n) is 4.72. The third kappa shape index (κ3) is 3.10. The molecule has 1 amide bonds. The minimum absolute atomic E-state index is 0.249. The number of hydrogen-bond donors (Lipinski definition) is 0. The highest BCUT2D eigenvalue weighted by Gasteiger charge is 2.35. The molecule has 3 heterocycles. The monoisotopic (exact) mass is 373 g/mol. The van der Waals surface area contributed by atoms with Crippen LogP contribution < -0.4 is 0 Å². The molecule has 2 atom stereocenters. The molecule has 0 bridgehead atoms. The Labute approximate surface area is 158 Å². The van der Waals surface area contributed by atoms with Crippen LogP contribution in [-0.4, -0.2) is 49.2 Å². The van der Waals surface area contributed by atoms with E-state index in [1.54, 1.807) is 4.52 Å². The second-order valence-electron chi connectivity index (χ2n) is 7.59. The van der Waals surface area contributed by atoms with Gasteiger partial charge in [-0.3, -0.25) is 4.79 Å². The van der Waals surface area contributed by atoms with Crippen molar-refractivity contribution >= 4 is 23.4 Å². The predicted octanol–water partition coefficient (Wildman–Crippen LogP) is 3.19. The third-order valence-corrected chi connectivity index (χ3v) is 6.64. The van der Waals surface area contributed by atoms with Crippen LogP contribution in [0.3, 0.4) is 0 Å². The van der Waals surface area contributed by atoms with E-state index in [1.165, 1.54) is 43.9 Å². The summed E-state index contributed by atoms with van der Waals surface area (Å²) < 4.78 is 1.78. The Hall–Kier alpha value is -1.63. The third-order valence-electron chi connectivity index (χ3n) is 6.10. The lowest BCUT2D eigenvalue weighted by Crippen LogP contribution is -2.50. The molecule has 7 heteroatoms. The van der Waals surface area contributed by atoms with Crippen molar-refractivity contribution in [2.24, 2.45) is 5.92 Å². The number of fused-ring (bicyclic) bond motifs is 2. The standard InChI is InChI=1S/C19H27N5OS/c1-12-15(13(2)24-18(20-12)21-19(22-24)26-3)11-17(25)23-10-6-8-14-7-4-5-9-16(14)23/h14,16H,4-11H2,1-3H3/t14-,16-/m1/s1. The molecule has 1 saturated carbocycles. The van der Waals surface area contributed by atoms with Gasteiger partial charge in [-0.15, -0.1) is 5.10 Å². The summed E-state index contributed by atoms with van der Waals surface area (Å²) in [5.41, 5.74) is 2.87. The van der Waals surface area contributed by atoms with E-state index in [9.17, 15) is 4.79 Å². The zero-order valence-electron chi connectivity index (χ0n) is 15.9. The number of thioether (sulfide) groups is 1. The highest BCUT2D eigenvalue weighted by molar-refractivity contribution is 7.98. The maximum atomic E-state index is 13.2. The molecular weight excluding hydrogens is 346 g/mol. The topological polar surface area (TPSA) is 63.4 Å². The molecule has 2 aromatic heterocycles. The zero-order chi connectivity index (χ0) is 18.3. The summed E-state index contributed by atoms with van der Waals surface area (Å²) in [4.78, 5) is 24.4. The summed E-state index contributed by atoms with van der Waals surface area (Å²) in [5.74, 6) is 1.58. The molecule has 6 nitrogen and oxygen atoms in total. The molecule has 2 aromatic rings. The molecular formula is C19H27N5OS. The van der Waals surface area contributed by atoms with Crippen LogP contribution in [0.25, 0.3) is 5.78 Å². The Kier molecular flexibility index (Phi) is 4.90. The highest BCUT2D eigenvalue weighted by atomic mass is 32.2. The van der Waals surface area contributed by atoms with Gasteiger partial charge in [0.2, 0.25) is 11.1 Å². The Morgan fingerprint density at radius 1 is 1.15 bits per heavy atom. The van der Waals surface area contributed by atoms with Gasteiger partial charge in [0.15, 0.2) is 0 Å². The summed E-state index contributed by atoms with van der Waals surface area (Å²) in [6.45, 7) is 4.90. The molecule has 1 aliphatic carbocycles. The maximum absolute atomic E-state index is 13.2. The highest BCUT2D eigenvalue weighted by Crippen LogP contribution is 2.35. The van der Waals surface area contributed by atoms with Gasteiger partial charge in [-0.2, -0.15) is 4.98 Å². The number of piperidine rings is 1. The van der Waals surface area contributed by atoms with Gasteiger partial charge in [0.1, 0.15) is 0 Å². The van der Waals surface area contributed by atoms with Gasteiger partial charge in [-0.25, -0.2) is 9.50 Å². The first-order valence-electron chi connectivity index (χ1n) is 9.64. The van der Waals surface area contributed by atoms with E-state index < -0.39 is 0 Å². The molecule has 1 aliphatic heterocycles. The van der Waals surface area contributed by atoms with E-state index in [0.29, 0.717) is 29.3 Å². The van der Waals surface area contributed by atoms with Gasteiger partial charge in [-0.05, 0) is 51.7 Å². The number of carbonyl (C=O) groups is 1. The first-order chi connectivity index (χ1) is 12.6. The normalized spacial score (nSPS) is 23.3. The van der Waals surface area contributed by atoms with E-state index in [-0.39, 0.29) is 5.91 Å². The smallest absolute Gasteiger partial charge is 0.253 e. The number of amides is 1. The van der Waals surface area contributed by atoms with Crippen LogP contribution in [0.15, 0.2) is 5.16 Å². The fraction of sp³-hybridized carbons (Fsp3) is 0.684. The van der Waals surface area contributed by atoms with E-state index in [2.05, 4.69) is 20.0 Å². The second-order valence-corrected chi connectivity index (χ2v) is 8.36. The summed E-state index contributed by atoms with van der Waals surface area (Å²) in [7, 11) is 0. The van der Waals surface area contributed by atoms with Crippen molar-refractivity contribution in [3.05, 3.63) is 17.0 Å². The van der Waals surface area contributed by atoms with Crippen LogP contribution in [0.1, 0.15) is 55.5 Å². The maximum Gasteiger partial charge on any atom is 0.253 e. The van der Waals surface area contributed by atoms with Gasteiger partial charge in [0.05, 0.1) is 6.42 Å². The number of aryl methyl sites for hydroxylation is 2. The minimum atomic E-state index is 0.249. The Morgan fingerprint density at radius 3 is 2.73 bits per heavy atom. The Bertz CT molecular complexity index is 831. The van der Waals surface area contributed by atoms with Crippen molar-refractivity contribution in [3.8, 4) is 0 Å². The van der Waals surface area contributed by atoms with Crippen molar-refractivity contribution in [1.82, 2.24) is 24.5 Å². The van der Waals surface area contributed by atoms with Crippen LogP contribution in [0.2, 0.25) is 0 Å². The number of likely N-dealkylation sites (tertiary alicyclic amines) is 1. The molecule has 140 valence electrons. The summed E-state index contributed by atoms with van der Waals surface area (Å²) in [5, 5.41) is 5.21. The van der Waals surface area contributed by atoms with E-state index in [4.69, 9.17) is 0 Å². The average molecular weight is 374 g/mol. The Balaban J connectivity index is 1.60. The van der Waals surface area contributed by atoms with Crippen LogP contribution in [0, 0.1) is 19.8 Å². The van der Waals surface area contributed by atoms with Gasteiger partial charge < -0.3 is 4.90 Å². The quantitative estimate of drug-likeness (QED) is 0.773. The van der Waals surface area contributed by atoms with Crippen LogP contribution in [0.5, 0.6) is 0 Å². The molecule has 0 N–H and O–H groups in total. The van der Waals surface area contributed by atoms with Crippen molar-refractivity contribution in [2.45, 2.75) is 70.0 Å². The molecule has 2 aliphatic rings. The van der Waals surface area contributed by atoms with Crippen molar-refractivity contribution in [2.75, 3.05) is 12.8 Å². The lowest BCUT2D eigenvalue weighted by atomic mass is 9.78. The van der Waals surface area contributed by atoms with Crippen LogP contribution >= 0.6 is 11.8 Å². The second kappa shape index (κ2) is 7.18. The molecule has 2 fully saturated rings. The average Bonchev–Trinajstić information content (AvgIpc) is 3.07. The zero-order valence-corrected chi connectivity index (χ0v) is 16.7. The number of nitrogens with zero attached hydrogens (tertiary/aromatic N) is 5. The summed E-state index contributed by atoms with van der Waals surface area (Å²) in [6, 6.07) is 0.455. The van der Waals surface area contributed by atoms with Crippen molar-refractivity contribution < 1.29 is 4.79 Å². The summed E-state index contributed by atoms with van der Waals surface area (Å²) in [6.07, 6.45) is 9.84. The first kappa shape index (κ1) is 17.8. The van der Waals surface area contributed by atoms with Crippen LogP contribution in [0.4, 0.5) is 0 Å². The molecule has 0 aromatic carbocycles. The van der Waals surface area contributed by atoms with E-state index in [0.717, 1.165) is 29.9 Å². The molecule has 4 rings (SSSR count). The van der Waals surface area contributed by atoms with E-state index >= 15 is 0 Å². The molecule has 0 spiro atoms. The van der Waals surface area contributed by atoms with Crippen molar-refractivity contribution in [1.29, 1.82) is 0 Å². The molecule has 0 radical (unpaired) electrons. The molecule has 0 unspecified atom stereocenters. The minimum Gasteiger partial charge on any atom is -0.339 e. The number of aromatic nitrogens is 4. The lowest BCUT2D eigenvalue weighted by Gasteiger charge is -2.44. The van der Waals surface area contributed by atoms with E-state index in [1.807, 2.05) is 20.1 Å². The molecule has 1 saturated heterocycles. The number of rotatable bonds is 3. The van der Waals surface area contributed by atoms with Gasteiger partial charge in [0.25, 0.3) is 5.78 Å². The lowest BCUT2D eigenvalue weighted by molar-refractivity contribution is -0.136. The van der Waals surface area contributed by atoms with Gasteiger partial charge >= 0.3 is 0 Å². The number of hydrogen-bond acceptors (Lipinski definition) is 5. The van der Waals surface area contributed by atoms with Crippen LogP contribution in [-0.2, 0) is 11.2 Å². The Morgan fingerprint density at radius 2 is 1.92 bits per heavy atom. The van der Waals surface area contributed by atoms with Crippen molar-refractivity contribution in [3.63, 3.8) is 0 Å². The molecule has 26 heavy (non-hydrogen) atoms. The first-order valence-corrected chi connectivity index (χ1v) is 10.9. The number of carbonyl (C=O) groups excluding carboxylic acids is 1. The van der Waals surface area contributed by atoms with Gasteiger partial charge in [-0.1, -0.05) is 24.6 Å². The summed E-state index contributed by atoms with van der Waals surface area (Å²) >= 11 is 1.51. The fourth-order valence-corrected chi connectivity index (χ4v) is 5.06. The van der Waals surface area contributed by atoms with Gasteiger partial charge in [0, 0.05) is 29.5 Å². The predicted molar refractivity (Wildman–Crippen MR) is 102 cm³/mol.